The monoisotopic (exact) mass is 619 g/mol. The van der Waals surface area contributed by atoms with Crippen LogP contribution in [0.3, 0.4) is 0 Å². The highest BCUT2D eigenvalue weighted by molar-refractivity contribution is 6.35. The number of amides is 1. The Balaban J connectivity index is 1.48. The molecular formula is C30H32Cl2FN3O6. The number of methoxy groups -OCH3 is 1. The molecule has 0 radical (unpaired) electrons. The number of benzene rings is 2. The zero-order valence-corrected chi connectivity index (χ0v) is 24.9. The van der Waals surface area contributed by atoms with Crippen LogP contribution in [0.15, 0.2) is 35.3 Å². The van der Waals surface area contributed by atoms with E-state index >= 15 is 4.39 Å². The molecule has 42 heavy (non-hydrogen) atoms. The van der Waals surface area contributed by atoms with E-state index in [0.717, 1.165) is 18.9 Å². The van der Waals surface area contributed by atoms with E-state index in [1.165, 1.54) is 13.3 Å². The number of nitrogens with one attached hydrogen (secondary N) is 1. The zero-order valence-electron chi connectivity index (χ0n) is 23.3. The van der Waals surface area contributed by atoms with Crippen LogP contribution in [0.5, 0.6) is 5.75 Å². The number of anilines is 1. The van der Waals surface area contributed by atoms with Gasteiger partial charge in [0, 0.05) is 41.9 Å². The summed E-state index contributed by atoms with van der Waals surface area (Å²) >= 11 is 12.2. The minimum absolute atomic E-state index is 0.0218. The molecule has 1 aliphatic carbocycles. The Morgan fingerprint density at radius 2 is 1.90 bits per heavy atom. The first-order valence-electron chi connectivity index (χ1n) is 13.9. The molecule has 2 aromatic carbocycles. The number of aliphatic hydroxyl groups is 1. The van der Waals surface area contributed by atoms with Gasteiger partial charge >= 0.3 is 5.97 Å². The van der Waals surface area contributed by atoms with Crippen molar-refractivity contribution in [2.75, 3.05) is 31.7 Å². The molecule has 1 aliphatic heterocycles. The Morgan fingerprint density at radius 1 is 1.19 bits per heavy atom. The molecule has 12 heteroatoms. The number of esters is 1. The molecule has 1 saturated heterocycles. The van der Waals surface area contributed by atoms with E-state index in [1.54, 1.807) is 30.0 Å². The van der Waals surface area contributed by atoms with Crippen molar-refractivity contribution in [2.45, 2.75) is 57.2 Å². The standard InChI is InChI=1S/C30H32Cl2FN3O6/c1-3-42-24(37)14-30(40)8-10-35(11-9-30)26-23(33)13-20-25(28(26)41-2)36(19-6-7-19)16-21(27(20)38)29(39)34-15-17-4-5-18(31)12-22(17)32/h4-5,12-13,16,19,40H,3,6-11,14-15H2,1-2H3,(H,34,39). The Kier molecular flexibility index (Phi) is 8.68. The fraction of sp³-hybridized carbons (Fsp3) is 0.433. The van der Waals surface area contributed by atoms with Crippen molar-refractivity contribution in [1.29, 1.82) is 0 Å². The second-order valence-corrected chi connectivity index (χ2v) is 11.6. The number of halogens is 3. The zero-order chi connectivity index (χ0) is 30.2. The summed E-state index contributed by atoms with van der Waals surface area (Å²) in [4.78, 5) is 40.5. The number of fused-ring (bicyclic) bond motifs is 1. The third-order valence-corrected chi connectivity index (χ3v) is 8.42. The smallest absolute Gasteiger partial charge is 0.308 e. The van der Waals surface area contributed by atoms with E-state index < -0.39 is 28.7 Å². The van der Waals surface area contributed by atoms with Crippen LogP contribution in [0.1, 0.15) is 61.0 Å². The van der Waals surface area contributed by atoms with E-state index in [-0.39, 0.29) is 73.9 Å². The average Bonchev–Trinajstić information content (AvgIpc) is 3.78. The number of carbonyl (C=O) groups is 2. The highest BCUT2D eigenvalue weighted by Crippen LogP contribution is 2.44. The van der Waals surface area contributed by atoms with Crippen LogP contribution in [0.2, 0.25) is 10.0 Å². The van der Waals surface area contributed by atoms with Crippen LogP contribution in [-0.4, -0.2) is 54.0 Å². The first kappa shape index (κ1) is 30.1. The van der Waals surface area contributed by atoms with Gasteiger partial charge in [-0.05, 0) is 56.4 Å². The molecule has 2 aliphatic rings. The predicted molar refractivity (Wildman–Crippen MR) is 158 cm³/mol. The van der Waals surface area contributed by atoms with E-state index in [2.05, 4.69) is 5.32 Å². The Labute approximate surface area is 252 Å². The molecule has 0 spiro atoms. The number of hydrogen-bond acceptors (Lipinski definition) is 7. The maximum atomic E-state index is 15.8. The number of piperidine rings is 1. The van der Waals surface area contributed by atoms with Gasteiger partial charge in [0.25, 0.3) is 5.91 Å². The highest BCUT2D eigenvalue weighted by atomic mass is 35.5. The van der Waals surface area contributed by atoms with Gasteiger partial charge in [-0.15, -0.1) is 0 Å². The lowest BCUT2D eigenvalue weighted by molar-refractivity contribution is -0.149. The predicted octanol–water partition coefficient (Wildman–Crippen LogP) is 5.01. The normalized spacial score (nSPS) is 16.4. The summed E-state index contributed by atoms with van der Waals surface area (Å²) in [6.07, 6.45) is 3.49. The topological polar surface area (TPSA) is 110 Å². The minimum atomic E-state index is -1.25. The lowest BCUT2D eigenvalue weighted by Gasteiger charge is -2.39. The van der Waals surface area contributed by atoms with E-state index in [0.29, 0.717) is 21.1 Å². The third kappa shape index (κ3) is 6.07. The molecule has 0 unspecified atom stereocenters. The molecule has 1 aromatic heterocycles. The molecule has 2 heterocycles. The van der Waals surface area contributed by atoms with Crippen LogP contribution < -0.4 is 20.4 Å². The molecule has 9 nitrogen and oxygen atoms in total. The summed E-state index contributed by atoms with van der Waals surface area (Å²) < 4.78 is 28.4. The van der Waals surface area contributed by atoms with Crippen molar-refractivity contribution in [3.05, 3.63) is 67.7 Å². The molecular weight excluding hydrogens is 588 g/mol. The van der Waals surface area contributed by atoms with E-state index in [9.17, 15) is 19.5 Å². The second-order valence-electron chi connectivity index (χ2n) is 10.8. The average molecular weight is 621 g/mol. The first-order valence-corrected chi connectivity index (χ1v) is 14.6. The fourth-order valence-electron chi connectivity index (χ4n) is 5.47. The Bertz CT molecular complexity index is 1600. The van der Waals surface area contributed by atoms with E-state index in [1.807, 2.05) is 4.57 Å². The second kappa shape index (κ2) is 12.1. The number of aromatic nitrogens is 1. The van der Waals surface area contributed by atoms with Gasteiger partial charge in [0.1, 0.15) is 11.3 Å². The summed E-state index contributed by atoms with van der Waals surface area (Å²) in [5.41, 5.74) is -0.773. The molecule has 2 fully saturated rings. The van der Waals surface area contributed by atoms with Gasteiger partial charge in [0.05, 0.1) is 36.6 Å². The maximum absolute atomic E-state index is 15.8. The molecule has 5 rings (SSSR count). The quantitative estimate of drug-likeness (QED) is 0.324. The Morgan fingerprint density at radius 3 is 2.52 bits per heavy atom. The van der Waals surface area contributed by atoms with Crippen molar-refractivity contribution in [2.24, 2.45) is 0 Å². The third-order valence-electron chi connectivity index (χ3n) is 7.83. The summed E-state index contributed by atoms with van der Waals surface area (Å²) in [5.74, 6) is -1.58. The number of nitrogens with zero attached hydrogens (tertiary/aromatic N) is 2. The largest absolute Gasteiger partial charge is 0.492 e. The van der Waals surface area contributed by atoms with Gasteiger partial charge in [0.15, 0.2) is 11.6 Å². The van der Waals surface area contributed by atoms with Crippen LogP contribution in [0.4, 0.5) is 10.1 Å². The van der Waals surface area contributed by atoms with Gasteiger partial charge in [-0.25, -0.2) is 4.39 Å². The number of hydrogen-bond donors (Lipinski definition) is 2. The summed E-state index contributed by atoms with van der Waals surface area (Å²) in [5, 5.41) is 14.6. The van der Waals surface area contributed by atoms with Crippen molar-refractivity contribution in [3.63, 3.8) is 0 Å². The van der Waals surface area contributed by atoms with Gasteiger partial charge in [-0.2, -0.15) is 0 Å². The van der Waals surface area contributed by atoms with Crippen LogP contribution in [-0.2, 0) is 16.1 Å². The fourth-order valence-corrected chi connectivity index (χ4v) is 5.95. The molecule has 3 aromatic rings. The lowest BCUT2D eigenvalue weighted by atomic mass is 9.88. The van der Waals surface area contributed by atoms with Crippen molar-refractivity contribution in [1.82, 2.24) is 9.88 Å². The SMILES string of the molecule is CCOC(=O)CC1(O)CCN(c2c(F)cc3c(=O)c(C(=O)NCc4ccc(Cl)cc4Cl)cn(C4CC4)c3c2OC)CC1. The van der Waals surface area contributed by atoms with Crippen LogP contribution >= 0.6 is 23.2 Å². The lowest BCUT2D eigenvalue weighted by Crippen LogP contribution is -2.46. The minimum Gasteiger partial charge on any atom is -0.492 e. The van der Waals surface area contributed by atoms with Crippen molar-refractivity contribution in [3.8, 4) is 5.75 Å². The molecule has 224 valence electrons. The molecule has 0 atom stereocenters. The van der Waals surface area contributed by atoms with Crippen LogP contribution in [0, 0.1) is 5.82 Å². The summed E-state index contributed by atoms with van der Waals surface area (Å²) in [7, 11) is 1.41. The van der Waals surface area contributed by atoms with Gasteiger partial charge in [0.2, 0.25) is 5.43 Å². The maximum Gasteiger partial charge on any atom is 0.308 e. The molecule has 1 saturated carbocycles. The molecule has 1 amide bonds. The number of rotatable bonds is 9. The number of carbonyl (C=O) groups excluding carboxylic acids is 2. The Hall–Kier alpha value is -3.34. The summed E-state index contributed by atoms with van der Waals surface area (Å²) in [6, 6.07) is 6.08. The van der Waals surface area contributed by atoms with Crippen LogP contribution in [0.25, 0.3) is 10.9 Å². The van der Waals surface area contributed by atoms with Gasteiger partial charge in [-0.1, -0.05) is 29.3 Å². The first-order chi connectivity index (χ1) is 20.0. The highest BCUT2D eigenvalue weighted by Gasteiger charge is 2.38. The number of ether oxygens (including phenoxy) is 2. The number of pyridine rings is 1. The molecule has 0 bridgehead atoms. The van der Waals surface area contributed by atoms with Gasteiger partial charge in [-0.3, -0.25) is 14.4 Å². The van der Waals surface area contributed by atoms with Gasteiger partial charge < -0.3 is 29.4 Å². The van der Waals surface area contributed by atoms with Crippen molar-refractivity contribution < 1.29 is 28.6 Å². The summed E-state index contributed by atoms with van der Waals surface area (Å²) in [6.45, 7) is 2.52. The molecule has 2 N–H and O–H groups in total. The van der Waals surface area contributed by atoms with Crippen molar-refractivity contribution >= 4 is 51.7 Å². The van der Waals surface area contributed by atoms with E-state index in [4.69, 9.17) is 32.7 Å².